The van der Waals surface area contributed by atoms with Crippen LogP contribution in [0.4, 0.5) is 22.7 Å². The molecule has 0 aliphatic carbocycles. The van der Waals surface area contributed by atoms with Crippen molar-refractivity contribution in [3.8, 4) is 0 Å². The van der Waals surface area contributed by atoms with Gasteiger partial charge in [0.15, 0.2) is 0 Å². The fourth-order valence-electron chi connectivity index (χ4n) is 4.11. The molecule has 1 N–H and O–H groups in total. The van der Waals surface area contributed by atoms with Crippen molar-refractivity contribution >= 4 is 40.3 Å². The molecule has 8 heteroatoms. The molecule has 1 amide bonds. The molecule has 7 nitrogen and oxygen atoms in total. The van der Waals surface area contributed by atoms with Gasteiger partial charge in [0.1, 0.15) is 5.69 Å². The van der Waals surface area contributed by atoms with Crippen LogP contribution >= 0.6 is 11.6 Å². The summed E-state index contributed by atoms with van der Waals surface area (Å²) >= 11 is 6.41. The summed E-state index contributed by atoms with van der Waals surface area (Å²) in [5.74, 6) is -0.385. The second-order valence-corrected chi connectivity index (χ2v) is 7.85. The molecule has 2 aromatic rings. The van der Waals surface area contributed by atoms with Gasteiger partial charge in [0, 0.05) is 37.8 Å². The van der Waals surface area contributed by atoms with Crippen molar-refractivity contribution in [2.24, 2.45) is 0 Å². The van der Waals surface area contributed by atoms with E-state index in [1.807, 2.05) is 11.0 Å². The minimum absolute atomic E-state index is 0.0367. The Hall–Kier alpha value is -2.80. The van der Waals surface area contributed by atoms with E-state index in [2.05, 4.69) is 10.2 Å². The monoisotopic (exact) mass is 414 g/mol. The normalized spacial score (nSPS) is 16.3. The molecule has 0 unspecified atom stereocenters. The Morgan fingerprint density at radius 1 is 1.00 bits per heavy atom. The third-order valence-corrected chi connectivity index (χ3v) is 5.84. The first-order chi connectivity index (χ1) is 14.0. The quantitative estimate of drug-likeness (QED) is 0.566. The summed E-state index contributed by atoms with van der Waals surface area (Å²) in [5, 5.41) is 15.1. The van der Waals surface area contributed by atoms with Crippen LogP contribution in [0.5, 0.6) is 0 Å². The summed E-state index contributed by atoms with van der Waals surface area (Å²) < 4.78 is 0. The van der Waals surface area contributed by atoms with E-state index in [0.29, 0.717) is 16.4 Å². The molecule has 2 heterocycles. The van der Waals surface area contributed by atoms with Gasteiger partial charge >= 0.3 is 0 Å². The van der Waals surface area contributed by atoms with Crippen LogP contribution in [0.2, 0.25) is 5.02 Å². The molecular formula is C21H23ClN4O3. The number of benzene rings is 2. The van der Waals surface area contributed by atoms with Crippen molar-refractivity contribution in [1.82, 2.24) is 0 Å². The highest BCUT2D eigenvalue weighted by molar-refractivity contribution is 6.34. The fraction of sp³-hybridized carbons (Fsp3) is 0.381. The number of nitro benzene ring substituents is 1. The van der Waals surface area contributed by atoms with Crippen LogP contribution in [0.15, 0.2) is 36.4 Å². The van der Waals surface area contributed by atoms with E-state index in [1.54, 1.807) is 24.3 Å². The molecule has 0 saturated carbocycles. The first-order valence-electron chi connectivity index (χ1n) is 9.93. The van der Waals surface area contributed by atoms with Crippen molar-refractivity contribution < 1.29 is 9.72 Å². The molecule has 0 bridgehead atoms. The van der Waals surface area contributed by atoms with Gasteiger partial charge in [-0.2, -0.15) is 0 Å². The molecule has 0 spiro atoms. The Morgan fingerprint density at radius 3 is 2.31 bits per heavy atom. The van der Waals surface area contributed by atoms with Crippen molar-refractivity contribution in [3.05, 3.63) is 57.1 Å². The Morgan fingerprint density at radius 2 is 1.66 bits per heavy atom. The summed E-state index contributed by atoms with van der Waals surface area (Å²) in [5.41, 5.74) is 2.22. The lowest BCUT2D eigenvalue weighted by Crippen LogP contribution is -2.22. The van der Waals surface area contributed by atoms with Gasteiger partial charge in [-0.25, -0.2) is 0 Å². The van der Waals surface area contributed by atoms with Gasteiger partial charge in [-0.15, -0.1) is 0 Å². The van der Waals surface area contributed by atoms with Crippen LogP contribution in [0, 0.1) is 10.1 Å². The molecule has 152 valence electrons. The summed E-state index contributed by atoms with van der Waals surface area (Å²) in [4.78, 5) is 28.2. The largest absolute Gasteiger partial charge is 0.369 e. The van der Waals surface area contributed by atoms with Crippen LogP contribution in [-0.2, 0) is 0 Å². The average molecular weight is 415 g/mol. The van der Waals surface area contributed by atoms with Gasteiger partial charge in [0.05, 0.1) is 21.3 Å². The first-order valence-corrected chi connectivity index (χ1v) is 10.3. The maximum atomic E-state index is 12.9. The molecule has 2 fully saturated rings. The number of rotatable bonds is 5. The number of hydrogen-bond acceptors (Lipinski definition) is 5. The van der Waals surface area contributed by atoms with Crippen LogP contribution in [0.25, 0.3) is 0 Å². The summed E-state index contributed by atoms with van der Waals surface area (Å²) in [6.07, 6.45) is 4.21. The SMILES string of the molecule is O=C(Nc1cccc(Cl)c1N1CCCC1)c1ccc(N2CCCC2)c([N+](=O)[O-])c1. The molecule has 2 aliphatic heterocycles. The van der Waals surface area contributed by atoms with Crippen molar-refractivity contribution in [2.75, 3.05) is 41.3 Å². The highest BCUT2D eigenvalue weighted by atomic mass is 35.5. The number of carbonyl (C=O) groups is 1. The van der Waals surface area contributed by atoms with Crippen LogP contribution < -0.4 is 15.1 Å². The van der Waals surface area contributed by atoms with E-state index in [-0.39, 0.29) is 17.2 Å². The lowest BCUT2D eigenvalue weighted by Gasteiger charge is -2.23. The van der Waals surface area contributed by atoms with Crippen LogP contribution in [0.1, 0.15) is 36.0 Å². The molecule has 29 heavy (non-hydrogen) atoms. The Bertz CT molecular complexity index is 938. The Balaban J connectivity index is 1.61. The van der Waals surface area contributed by atoms with Gasteiger partial charge in [-0.05, 0) is 49.9 Å². The minimum atomic E-state index is -0.417. The summed E-state index contributed by atoms with van der Waals surface area (Å²) in [6, 6.07) is 10.1. The summed E-state index contributed by atoms with van der Waals surface area (Å²) in [7, 11) is 0. The minimum Gasteiger partial charge on any atom is -0.369 e. The van der Waals surface area contributed by atoms with E-state index < -0.39 is 4.92 Å². The van der Waals surface area contributed by atoms with Crippen molar-refractivity contribution in [2.45, 2.75) is 25.7 Å². The molecule has 2 aliphatic rings. The predicted octanol–water partition coefficient (Wildman–Crippen LogP) is 4.70. The standard InChI is InChI=1S/C21H23ClN4O3/c22-16-6-5-7-17(20(16)25-12-3-4-13-25)23-21(27)15-8-9-18(19(14-15)26(28)29)24-10-1-2-11-24/h5-9,14H,1-4,10-13H2,(H,23,27). The second kappa shape index (κ2) is 8.29. The van der Waals surface area contributed by atoms with Gasteiger partial charge in [-0.3, -0.25) is 14.9 Å². The van der Waals surface area contributed by atoms with Gasteiger partial charge in [0.25, 0.3) is 11.6 Å². The second-order valence-electron chi connectivity index (χ2n) is 7.44. The number of nitrogens with zero attached hydrogens (tertiary/aromatic N) is 3. The predicted molar refractivity (Wildman–Crippen MR) is 115 cm³/mol. The third-order valence-electron chi connectivity index (χ3n) is 5.54. The number of para-hydroxylation sites is 1. The molecule has 0 aromatic heterocycles. The number of amides is 1. The fourth-order valence-corrected chi connectivity index (χ4v) is 4.40. The van der Waals surface area contributed by atoms with E-state index in [4.69, 9.17) is 11.6 Å². The van der Waals surface area contributed by atoms with Crippen LogP contribution in [0.3, 0.4) is 0 Å². The summed E-state index contributed by atoms with van der Waals surface area (Å²) in [6.45, 7) is 3.38. The number of carbonyl (C=O) groups excluding carboxylic acids is 1. The molecule has 2 saturated heterocycles. The number of nitro groups is 1. The van der Waals surface area contributed by atoms with E-state index >= 15 is 0 Å². The molecule has 4 rings (SSSR count). The smallest absolute Gasteiger partial charge is 0.293 e. The Labute approximate surface area is 174 Å². The molecule has 0 radical (unpaired) electrons. The van der Waals surface area contributed by atoms with Crippen molar-refractivity contribution in [3.63, 3.8) is 0 Å². The molecular weight excluding hydrogens is 392 g/mol. The lowest BCUT2D eigenvalue weighted by molar-refractivity contribution is -0.384. The average Bonchev–Trinajstić information content (AvgIpc) is 3.42. The maximum Gasteiger partial charge on any atom is 0.293 e. The zero-order valence-electron chi connectivity index (χ0n) is 16.1. The zero-order valence-corrected chi connectivity index (χ0v) is 16.8. The van der Waals surface area contributed by atoms with Gasteiger partial charge < -0.3 is 15.1 Å². The number of hydrogen-bond donors (Lipinski definition) is 1. The highest BCUT2D eigenvalue weighted by Gasteiger charge is 2.25. The lowest BCUT2D eigenvalue weighted by atomic mass is 10.1. The van der Waals surface area contributed by atoms with E-state index in [1.165, 1.54) is 6.07 Å². The van der Waals surface area contributed by atoms with E-state index in [9.17, 15) is 14.9 Å². The van der Waals surface area contributed by atoms with E-state index in [0.717, 1.165) is 57.5 Å². The number of halogens is 1. The number of anilines is 3. The van der Waals surface area contributed by atoms with Crippen molar-refractivity contribution in [1.29, 1.82) is 0 Å². The highest BCUT2D eigenvalue weighted by Crippen LogP contribution is 2.37. The van der Waals surface area contributed by atoms with Crippen LogP contribution in [-0.4, -0.2) is 37.0 Å². The maximum absolute atomic E-state index is 12.9. The Kier molecular flexibility index (Phi) is 5.58. The zero-order chi connectivity index (χ0) is 20.4. The topological polar surface area (TPSA) is 78.7 Å². The van der Waals surface area contributed by atoms with Gasteiger partial charge in [-0.1, -0.05) is 17.7 Å². The number of nitrogens with one attached hydrogen (secondary N) is 1. The first kappa shape index (κ1) is 19.5. The molecule has 0 atom stereocenters. The third kappa shape index (κ3) is 4.00. The molecule has 2 aromatic carbocycles. The van der Waals surface area contributed by atoms with Gasteiger partial charge in [0.2, 0.25) is 0 Å².